The number of aromatic nitrogens is 2. The third kappa shape index (κ3) is 2.92. The Hall–Kier alpha value is -1.56. The van der Waals surface area contributed by atoms with Crippen molar-refractivity contribution in [2.75, 3.05) is 32.7 Å². The van der Waals surface area contributed by atoms with Gasteiger partial charge >= 0.3 is 6.09 Å². The number of piperidine rings is 1. The second kappa shape index (κ2) is 6.39. The van der Waals surface area contributed by atoms with Gasteiger partial charge in [-0.1, -0.05) is 0 Å². The molecule has 2 aliphatic heterocycles. The number of amides is 1. The lowest BCUT2D eigenvalue weighted by molar-refractivity contribution is -0.00898. The third-order valence-electron chi connectivity index (χ3n) is 6.09. The molecule has 0 N–H and O–H groups in total. The summed E-state index contributed by atoms with van der Waals surface area (Å²) >= 11 is 0. The molecule has 1 aliphatic carbocycles. The normalized spacial score (nSPS) is 35.6. The lowest BCUT2D eigenvalue weighted by Crippen LogP contribution is -2.54. The maximum Gasteiger partial charge on any atom is 0.409 e. The van der Waals surface area contributed by atoms with Crippen LogP contribution < -0.4 is 0 Å². The van der Waals surface area contributed by atoms with E-state index in [1.807, 2.05) is 18.5 Å². The highest BCUT2D eigenvalue weighted by atomic mass is 16.6. The molecule has 1 aromatic rings. The molecule has 6 nitrogen and oxygen atoms in total. The van der Waals surface area contributed by atoms with Crippen LogP contribution in [0.3, 0.4) is 0 Å². The molecule has 3 heterocycles. The van der Waals surface area contributed by atoms with Crippen molar-refractivity contribution in [2.45, 2.75) is 51.0 Å². The lowest BCUT2D eigenvalue weighted by Gasteiger charge is -2.51. The zero-order valence-electron chi connectivity index (χ0n) is 18.9. The Morgan fingerprint density at radius 2 is 2.21 bits per heavy atom. The number of hydrogen-bond donors (Lipinski definition) is 0. The van der Waals surface area contributed by atoms with Crippen LogP contribution in [0, 0.1) is 5.41 Å². The van der Waals surface area contributed by atoms with Crippen LogP contribution in [0.1, 0.15) is 51.9 Å². The Labute approximate surface area is 150 Å². The summed E-state index contributed by atoms with van der Waals surface area (Å²) in [7, 11) is 0. The molecule has 1 amide bonds. The Kier molecular flexibility index (Phi) is 2.96. The smallest absolute Gasteiger partial charge is 0.409 e. The van der Waals surface area contributed by atoms with Crippen molar-refractivity contribution in [1.29, 1.82) is 0 Å². The first-order valence-corrected chi connectivity index (χ1v) is 8.80. The number of hydrogen-bond acceptors (Lipinski definition) is 4. The fourth-order valence-corrected chi connectivity index (χ4v) is 4.74. The van der Waals surface area contributed by atoms with E-state index in [0.717, 1.165) is 45.2 Å². The van der Waals surface area contributed by atoms with E-state index >= 15 is 0 Å². The van der Waals surface area contributed by atoms with Crippen LogP contribution in [0.2, 0.25) is 0 Å². The maximum atomic E-state index is 12.3. The molecule has 0 aromatic carbocycles. The average molecular weight is 337 g/mol. The summed E-state index contributed by atoms with van der Waals surface area (Å²) in [4.78, 5) is 16.3. The Morgan fingerprint density at radius 3 is 2.92 bits per heavy atom. The topological polar surface area (TPSA) is 50.6 Å². The van der Waals surface area contributed by atoms with Crippen LogP contribution in [0.5, 0.6) is 0 Å². The zero-order chi connectivity index (χ0) is 20.9. The standard InChI is InChI=1S/C18H28N4O2/c1-2-24-17(23)21-11-6-18(14-21)12-16(13-18)20-9-4-15(5-10-20)22-8-3-7-19-22/h3,7-8,15-16H,2,4-6,9-14H2,1H3/i1D3,2D2. The average Bonchev–Trinajstić information content (AvgIpc) is 3.29. The molecule has 0 bridgehead atoms. The first-order chi connectivity index (χ1) is 13.6. The molecule has 1 aromatic heterocycles. The SMILES string of the molecule is [2H]C([2H])([2H])C([2H])([2H])OC(=O)N1CCC2(CC(N3CCC(n4cccn4)CC3)C2)C1. The molecule has 1 saturated carbocycles. The van der Waals surface area contributed by atoms with E-state index in [1.54, 1.807) is 0 Å². The third-order valence-corrected chi connectivity index (χ3v) is 6.09. The predicted molar refractivity (Wildman–Crippen MR) is 90.7 cm³/mol. The summed E-state index contributed by atoms with van der Waals surface area (Å²) in [5.41, 5.74) is 0.0647. The molecule has 3 aliphatic rings. The summed E-state index contributed by atoms with van der Waals surface area (Å²) in [6.45, 7) is -2.86. The molecular weight excluding hydrogens is 304 g/mol. The highest BCUT2D eigenvalue weighted by molar-refractivity contribution is 5.68. The van der Waals surface area contributed by atoms with Gasteiger partial charge in [0.05, 0.1) is 15.3 Å². The zero-order valence-corrected chi connectivity index (χ0v) is 13.9. The van der Waals surface area contributed by atoms with Gasteiger partial charge < -0.3 is 14.5 Å². The number of carbonyl (C=O) groups excluding carboxylic acids is 1. The van der Waals surface area contributed by atoms with Crippen LogP contribution in [0.25, 0.3) is 0 Å². The van der Waals surface area contributed by atoms with Crippen LogP contribution in [-0.4, -0.2) is 64.5 Å². The highest BCUT2D eigenvalue weighted by Crippen LogP contribution is 2.50. The Morgan fingerprint density at radius 1 is 1.38 bits per heavy atom. The van der Waals surface area contributed by atoms with Crippen molar-refractivity contribution in [3.05, 3.63) is 18.5 Å². The van der Waals surface area contributed by atoms with Gasteiger partial charge in [-0.05, 0) is 50.4 Å². The molecule has 6 heteroatoms. The van der Waals surface area contributed by atoms with E-state index in [2.05, 4.69) is 19.4 Å². The fourth-order valence-electron chi connectivity index (χ4n) is 4.74. The van der Waals surface area contributed by atoms with Gasteiger partial charge in [0, 0.05) is 48.7 Å². The monoisotopic (exact) mass is 337 g/mol. The number of ether oxygens (including phenoxy) is 1. The highest BCUT2D eigenvalue weighted by Gasteiger charge is 2.51. The molecule has 0 radical (unpaired) electrons. The molecule has 2 saturated heterocycles. The van der Waals surface area contributed by atoms with Crippen molar-refractivity contribution in [1.82, 2.24) is 19.6 Å². The van der Waals surface area contributed by atoms with Gasteiger partial charge in [-0.3, -0.25) is 4.68 Å². The second-order valence-corrected chi connectivity index (χ2v) is 7.46. The molecular formula is C18H28N4O2. The van der Waals surface area contributed by atoms with Gasteiger partial charge in [0.25, 0.3) is 0 Å². The summed E-state index contributed by atoms with van der Waals surface area (Å²) in [6, 6.07) is 2.96. The number of rotatable bonds is 3. The van der Waals surface area contributed by atoms with Gasteiger partial charge in [-0.25, -0.2) is 4.79 Å². The minimum atomic E-state index is -3.00. The summed E-state index contributed by atoms with van der Waals surface area (Å²) in [6.07, 6.45) is 8.07. The van der Waals surface area contributed by atoms with Crippen molar-refractivity contribution < 1.29 is 16.4 Å². The maximum absolute atomic E-state index is 12.3. The Bertz CT molecular complexity index is 725. The second-order valence-electron chi connectivity index (χ2n) is 7.46. The first kappa shape index (κ1) is 11.1. The molecule has 0 unspecified atom stereocenters. The molecule has 4 rings (SSSR count). The van der Waals surface area contributed by atoms with Crippen LogP contribution >= 0.6 is 0 Å². The first-order valence-electron chi connectivity index (χ1n) is 11.3. The van der Waals surface area contributed by atoms with Crippen molar-refractivity contribution in [3.8, 4) is 0 Å². The van der Waals surface area contributed by atoms with Crippen LogP contribution in [0.4, 0.5) is 4.79 Å². The summed E-state index contributed by atoms with van der Waals surface area (Å²) in [5.74, 6) is 0. The molecule has 24 heavy (non-hydrogen) atoms. The molecule has 0 atom stereocenters. The summed E-state index contributed by atoms with van der Waals surface area (Å²) in [5, 5.41) is 4.35. The van der Waals surface area contributed by atoms with Crippen LogP contribution in [0.15, 0.2) is 18.5 Å². The van der Waals surface area contributed by atoms with Crippen molar-refractivity contribution >= 4 is 6.09 Å². The largest absolute Gasteiger partial charge is 0.450 e. The van der Waals surface area contributed by atoms with E-state index in [1.165, 1.54) is 4.90 Å². The van der Waals surface area contributed by atoms with Gasteiger partial charge in [0.15, 0.2) is 0 Å². The van der Waals surface area contributed by atoms with Crippen LogP contribution in [-0.2, 0) is 4.74 Å². The minimum Gasteiger partial charge on any atom is -0.450 e. The molecule has 132 valence electrons. The van der Waals surface area contributed by atoms with Gasteiger partial charge in [0.1, 0.15) is 0 Å². The summed E-state index contributed by atoms with van der Waals surface area (Å²) < 4.78 is 43.2. The van der Waals surface area contributed by atoms with Crippen molar-refractivity contribution in [2.24, 2.45) is 5.41 Å². The van der Waals surface area contributed by atoms with E-state index in [4.69, 9.17) is 6.85 Å². The lowest BCUT2D eigenvalue weighted by atomic mass is 9.64. The van der Waals surface area contributed by atoms with Gasteiger partial charge in [0.2, 0.25) is 0 Å². The fraction of sp³-hybridized carbons (Fsp3) is 0.778. The molecule has 3 fully saturated rings. The number of nitrogens with zero attached hydrogens (tertiary/aromatic N) is 4. The van der Waals surface area contributed by atoms with Crippen molar-refractivity contribution in [3.63, 3.8) is 0 Å². The van der Waals surface area contributed by atoms with E-state index in [0.29, 0.717) is 25.2 Å². The number of carbonyl (C=O) groups is 1. The quantitative estimate of drug-likeness (QED) is 0.850. The molecule has 1 spiro atoms. The van der Waals surface area contributed by atoms with E-state index < -0.39 is 19.5 Å². The van der Waals surface area contributed by atoms with E-state index in [9.17, 15) is 4.79 Å². The number of likely N-dealkylation sites (tertiary alicyclic amines) is 2. The van der Waals surface area contributed by atoms with Gasteiger partial charge in [-0.2, -0.15) is 5.10 Å². The predicted octanol–water partition coefficient (Wildman–Crippen LogP) is 2.53. The minimum absolute atomic E-state index is 0.0647. The van der Waals surface area contributed by atoms with E-state index in [-0.39, 0.29) is 5.41 Å². The van der Waals surface area contributed by atoms with Gasteiger partial charge in [-0.15, -0.1) is 0 Å². The Balaban J connectivity index is 1.24.